The normalized spacial score (nSPS) is 9.79. The number of benzene rings is 1. The van der Waals surface area contributed by atoms with Gasteiger partial charge in [-0.1, -0.05) is 12.1 Å². The highest BCUT2D eigenvalue weighted by Crippen LogP contribution is 2.28. The molecule has 1 aromatic carbocycles. The third kappa shape index (κ3) is 2.53. The Bertz CT molecular complexity index is 377. The average Bonchev–Trinajstić information content (AvgIpc) is 2.18. The van der Waals surface area contributed by atoms with Crippen molar-refractivity contribution in [3.63, 3.8) is 0 Å². The second-order valence-electron chi connectivity index (χ2n) is 2.73. The minimum atomic E-state index is 0.427. The summed E-state index contributed by atoms with van der Waals surface area (Å²) in [5, 5.41) is 8.39. The van der Waals surface area contributed by atoms with Gasteiger partial charge in [0, 0.05) is 0 Å². The third-order valence-corrected chi connectivity index (χ3v) is 1.59. The Morgan fingerprint density at radius 2 is 2.14 bits per heavy atom. The maximum Gasteiger partial charge on any atom is 0.292 e. The van der Waals surface area contributed by atoms with Crippen LogP contribution in [0, 0.1) is 18.4 Å². The van der Waals surface area contributed by atoms with Gasteiger partial charge in [-0.25, -0.2) is 0 Å². The molecule has 1 rings (SSSR count). The predicted octanol–water partition coefficient (Wildman–Crippen LogP) is 2.77. The molecule has 1 aromatic rings. The molecule has 0 amide bonds. The zero-order valence-corrected chi connectivity index (χ0v) is 8.15. The Balaban J connectivity index is 2.97. The molecule has 0 aliphatic rings. The number of rotatable bonds is 3. The third-order valence-electron chi connectivity index (χ3n) is 1.59. The fraction of sp³-hybridized carbons (Fsp3) is 0.182. The van der Waals surface area contributed by atoms with Gasteiger partial charge in [0.25, 0.3) is 6.26 Å². The predicted molar refractivity (Wildman–Crippen MR) is 52.9 cm³/mol. The van der Waals surface area contributed by atoms with Crippen molar-refractivity contribution in [2.45, 2.75) is 13.8 Å². The lowest BCUT2D eigenvalue weighted by atomic mass is 10.2. The monoisotopic (exact) mass is 189 g/mol. The highest BCUT2D eigenvalue weighted by atomic mass is 16.5. The molecule has 0 aromatic heterocycles. The van der Waals surface area contributed by atoms with Gasteiger partial charge in [0.2, 0.25) is 0 Å². The summed E-state index contributed by atoms with van der Waals surface area (Å²) in [7, 11) is 0. The van der Waals surface area contributed by atoms with E-state index in [1.54, 1.807) is 24.7 Å². The number of hydrogen-bond donors (Lipinski definition) is 0. The second-order valence-corrected chi connectivity index (χ2v) is 2.73. The number of hydrogen-bond acceptors (Lipinski definition) is 3. The lowest BCUT2D eigenvalue weighted by Crippen LogP contribution is -1.89. The number of aryl methyl sites for hydroxylation is 1. The smallest absolute Gasteiger partial charge is 0.292 e. The molecule has 14 heavy (non-hydrogen) atoms. The van der Waals surface area contributed by atoms with E-state index in [-0.39, 0.29) is 0 Å². The van der Waals surface area contributed by atoms with Crippen LogP contribution in [0.3, 0.4) is 0 Å². The highest BCUT2D eigenvalue weighted by Gasteiger charge is 2.03. The minimum Gasteiger partial charge on any atom is -0.461 e. The van der Waals surface area contributed by atoms with Crippen molar-refractivity contribution in [1.82, 2.24) is 0 Å². The summed E-state index contributed by atoms with van der Waals surface area (Å²) in [5.41, 5.74) is 1.05. The number of nitrogens with zero attached hydrogens (tertiary/aromatic N) is 1. The van der Waals surface area contributed by atoms with Crippen molar-refractivity contribution >= 4 is 0 Å². The van der Waals surface area contributed by atoms with Crippen LogP contribution in [0.1, 0.15) is 12.5 Å². The Morgan fingerprint density at radius 1 is 1.36 bits per heavy atom. The molecule has 0 aliphatic carbocycles. The van der Waals surface area contributed by atoms with Gasteiger partial charge in [-0.2, -0.15) is 0 Å². The average molecular weight is 189 g/mol. The molecule has 0 atom stereocenters. The van der Waals surface area contributed by atoms with Gasteiger partial charge in [0.15, 0.2) is 11.5 Å². The van der Waals surface area contributed by atoms with Crippen molar-refractivity contribution in [1.29, 1.82) is 5.26 Å². The van der Waals surface area contributed by atoms with E-state index in [2.05, 4.69) is 0 Å². The summed E-state index contributed by atoms with van der Waals surface area (Å²) in [5.74, 6) is 0.973. The maximum atomic E-state index is 8.39. The summed E-state index contributed by atoms with van der Waals surface area (Å²) < 4.78 is 10.00. The number of ether oxygens (including phenoxy) is 2. The summed E-state index contributed by atoms with van der Waals surface area (Å²) in [4.78, 5) is 0. The zero-order chi connectivity index (χ0) is 10.4. The van der Waals surface area contributed by atoms with Crippen molar-refractivity contribution < 1.29 is 9.47 Å². The fourth-order valence-electron chi connectivity index (χ4n) is 0.982. The first-order valence-corrected chi connectivity index (χ1v) is 4.22. The number of allylic oxidation sites excluding steroid dienone is 1. The van der Waals surface area contributed by atoms with Crippen LogP contribution in [0.5, 0.6) is 11.5 Å². The van der Waals surface area contributed by atoms with Crippen LogP contribution in [-0.4, -0.2) is 0 Å². The van der Waals surface area contributed by atoms with Gasteiger partial charge in [-0.3, -0.25) is 0 Å². The van der Waals surface area contributed by atoms with Crippen LogP contribution < -0.4 is 9.47 Å². The highest BCUT2D eigenvalue weighted by molar-refractivity contribution is 5.43. The summed E-state index contributed by atoms with van der Waals surface area (Å²) in [6.07, 6.45) is 4.92. The van der Waals surface area contributed by atoms with E-state index in [0.717, 1.165) is 5.56 Å². The molecule has 0 fully saturated rings. The Hall–Kier alpha value is -1.95. The molecule has 0 heterocycles. The van der Waals surface area contributed by atoms with Gasteiger partial charge in [0.1, 0.15) is 0 Å². The lowest BCUT2D eigenvalue weighted by molar-refractivity contribution is 0.427. The minimum absolute atomic E-state index is 0.427. The van der Waals surface area contributed by atoms with Crippen LogP contribution in [0.15, 0.2) is 30.5 Å². The van der Waals surface area contributed by atoms with E-state index < -0.39 is 0 Å². The molecule has 0 radical (unpaired) electrons. The van der Waals surface area contributed by atoms with Crippen LogP contribution >= 0.6 is 0 Å². The van der Waals surface area contributed by atoms with E-state index in [1.165, 1.54) is 0 Å². The first-order valence-electron chi connectivity index (χ1n) is 4.22. The van der Waals surface area contributed by atoms with Crippen molar-refractivity contribution in [2.75, 3.05) is 0 Å². The molecule has 0 unspecified atom stereocenters. The van der Waals surface area contributed by atoms with E-state index in [9.17, 15) is 0 Å². The Kier molecular flexibility index (Phi) is 3.57. The van der Waals surface area contributed by atoms with Gasteiger partial charge < -0.3 is 9.47 Å². The second kappa shape index (κ2) is 4.93. The van der Waals surface area contributed by atoms with E-state index >= 15 is 0 Å². The fourth-order valence-corrected chi connectivity index (χ4v) is 0.982. The summed E-state index contributed by atoms with van der Waals surface area (Å²) in [6, 6.07) is 5.37. The van der Waals surface area contributed by atoms with Gasteiger partial charge >= 0.3 is 0 Å². The molecule has 0 aliphatic heterocycles. The molecule has 3 heteroatoms. The summed E-state index contributed by atoms with van der Waals surface area (Å²) >= 11 is 0. The topological polar surface area (TPSA) is 42.2 Å². The SMILES string of the molecule is CC=COc1cc(C)ccc1OC#N. The molecule has 3 nitrogen and oxygen atoms in total. The molecular weight excluding hydrogens is 178 g/mol. The van der Waals surface area contributed by atoms with E-state index in [1.807, 2.05) is 26.0 Å². The largest absolute Gasteiger partial charge is 0.461 e. The van der Waals surface area contributed by atoms with E-state index in [0.29, 0.717) is 11.5 Å². The van der Waals surface area contributed by atoms with Crippen molar-refractivity contribution in [3.8, 4) is 17.8 Å². The first kappa shape index (κ1) is 10.1. The zero-order valence-electron chi connectivity index (χ0n) is 8.15. The molecule has 0 N–H and O–H groups in total. The summed E-state index contributed by atoms with van der Waals surface area (Å²) in [6.45, 7) is 3.79. The van der Waals surface area contributed by atoms with Gasteiger partial charge in [-0.15, -0.1) is 5.26 Å². The van der Waals surface area contributed by atoms with Crippen LogP contribution in [0.2, 0.25) is 0 Å². The van der Waals surface area contributed by atoms with E-state index in [4.69, 9.17) is 14.7 Å². The van der Waals surface area contributed by atoms with Gasteiger partial charge in [-0.05, 0) is 31.5 Å². The molecule has 0 bridgehead atoms. The molecule has 72 valence electrons. The first-order chi connectivity index (χ1) is 6.77. The number of nitriles is 1. The van der Waals surface area contributed by atoms with Crippen LogP contribution in [0.4, 0.5) is 0 Å². The van der Waals surface area contributed by atoms with Crippen LogP contribution in [0.25, 0.3) is 0 Å². The Morgan fingerprint density at radius 3 is 2.79 bits per heavy atom. The van der Waals surface area contributed by atoms with Crippen molar-refractivity contribution in [2.24, 2.45) is 0 Å². The molecule has 0 saturated carbocycles. The lowest BCUT2D eigenvalue weighted by Gasteiger charge is -2.05. The molecular formula is C11H11NO2. The van der Waals surface area contributed by atoms with Crippen molar-refractivity contribution in [3.05, 3.63) is 36.1 Å². The van der Waals surface area contributed by atoms with Gasteiger partial charge in [0.05, 0.1) is 6.26 Å². The van der Waals surface area contributed by atoms with Crippen LogP contribution in [-0.2, 0) is 0 Å². The maximum absolute atomic E-state index is 8.39. The molecule has 0 spiro atoms. The quantitative estimate of drug-likeness (QED) is 0.542. The standard InChI is InChI=1S/C11H11NO2/c1-3-6-13-11-7-9(2)4-5-10(11)14-8-12/h3-7H,1-2H3. The molecule has 0 saturated heterocycles. The Labute approximate surface area is 83.2 Å².